The standard InChI is InChI=1S/C15H32N2O/c1-2-3-4-5-6-7-8-9-16-10-12-17(13-11-16)14-15-18/h18H,2-15H2,1H3. The maximum Gasteiger partial charge on any atom is 0.0558 e. The molecule has 3 nitrogen and oxygen atoms in total. The Kier molecular flexibility index (Phi) is 9.54. The molecule has 0 radical (unpaired) electrons. The first-order chi connectivity index (χ1) is 8.86. The van der Waals surface area contributed by atoms with Crippen molar-refractivity contribution in [2.45, 2.75) is 51.9 Å². The molecule has 1 rings (SSSR count). The van der Waals surface area contributed by atoms with Crippen LogP contribution in [0, 0.1) is 0 Å². The maximum absolute atomic E-state index is 8.89. The first-order valence-corrected chi connectivity index (χ1v) is 7.92. The van der Waals surface area contributed by atoms with E-state index < -0.39 is 0 Å². The summed E-state index contributed by atoms with van der Waals surface area (Å²) < 4.78 is 0. The van der Waals surface area contributed by atoms with E-state index in [0.717, 1.165) is 19.6 Å². The summed E-state index contributed by atoms with van der Waals surface area (Å²) in [7, 11) is 0. The fraction of sp³-hybridized carbons (Fsp3) is 1.00. The van der Waals surface area contributed by atoms with Gasteiger partial charge in [0.15, 0.2) is 0 Å². The van der Waals surface area contributed by atoms with Gasteiger partial charge in [-0.3, -0.25) is 4.90 Å². The maximum atomic E-state index is 8.89. The second kappa shape index (κ2) is 10.8. The second-order valence-electron chi connectivity index (χ2n) is 5.53. The Morgan fingerprint density at radius 2 is 1.22 bits per heavy atom. The van der Waals surface area contributed by atoms with Gasteiger partial charge >= 0.3 is 0 Å². The van der Waals surface area contributed by atoms with Crippen LogP contribution in [0.1, 0.15) is 51.9 Å². The summed E-state index contributed by atoms with van der Waals surface area (Å²) >= 11 is 0. The van der Waals surface area contributed by atoms with Crippen molar-refractivity contribution in [2.75, 3.05) is 45.9 Å². The quantitative estimate of drug-likeness (QED) is 0.608. The fourth-order valence-corrected chi connectivity index (χ4v) is 2.67. The van der Waals surface area contributed by atoms with Crippen molar-refractivity contribution in [3.8, 4) is 0 Å². The molecule has 0 amide bonds. The van der Waals surface area contributed by atoms with E-state index in [0.29, 0.717) is 6.61 Å². The Morgan fingerprint density at radius 3 is 1.78 bits per heavy atom. The third-order valence-corrected chi connectivity index (χ3v) is 3.96. The van der Waals surface area contributed by atoms with Gasteiger partial charge in [-0.05, 0) is 13.0 Å². The van der Waals surface area contributed by atoms with E-state index in [9.17, 15) is 0 Å². The van der Waals surface area contributed by atoms with Gasteiger partial charge in [0.2, 0.25) is 0 Å². The Hall–Kier alpha value is -0.120. The van der Waals surface area contributed by atoms with E-state index in [1.165, 1.54) is 64.6 Å². The van der Waals surface area contributed by atoms with Crippen LogP contribution in [0.3, 0.4) is 0 Å². The van der Waals surface area contributed by atoms with Gasteiger partial charge in [0.05, 0.1) is 6.61 Å². The van der Waals surface area contributed by atoms with Gasteiger partial charge in [-0.1, -0.05) is 45.4 Å². The molecule has 1 N–H and O–H groups in total. The molecule has 1 heterocycles. The van der Waals surface area contributed by atoms with Crippen LogP contribution in [-0.2, 0) is 0 Å². The number of unbranched alkanes of at least 4 members (excludes halogenated alkanes) is 6. The predicted molar refractivity (Wildman–Crippen MR) is 78.0 cm³/mol. The van der Waals surface area contributed by atoms with Crippen molar-refractivity contribution in [3.05, 3.63) is 0 Å². The number of aliphatic hydroxyl groups excluding tert-OH is 1. The molecule has 1 aliphatic heterocycles. The molecule has 0 unspecified atom stereocenters. The molecule has 0 aromatic rings. The number of β-amino-alcohol motifs (C(OH)–C–C–N with tert-alkyl or cyclic N) is 1. The van der Waals surface area contributed by atoms with Crippen LogP contribution < -0.4 is 0 Å². The van der Waals surface area contributed by atoms with E-state index in [1.807, 2.05) is 0 Å². The molecule has 0 spiro atoms. The molecule has 0 saturated carbocycles. The minimum absolute atomic E-state index is 0.303. The average molecular weight is 256 g/mol. The summed E-state index contributed by atoms with van der Waals surface area (Å²) in [6, 6.07) is 0. The van der Waals surface area contributed by atoms with Crippen LogP contribution in [0.4, 0.5) is 0 Å². The van der Waals surface area contributed by atoms with Gasteiger partial charge in [0.1, 0.15) is 0 Å². The van der Waals surface area contributed by atoms with Crippen LogP contribution in [-0.4, -0.2) is 60.8 Å². The van der Waals surface area contributed by atoms with E-state index >= 15 is 0 Å². The monoisotopic (exact) mass is 256 g/mol. The minimum Gasteiger partial charge on any atom is -0.395 e. The van der Waals surface area contributed by atoms with Crippen LogP contribution >= 0.6 is 0 Å². The molecule has 0 aromatic carbocycles. The second-order valence-corrected chi connectivity index (χ2v) is 5.53. The molecule has 1 aliphatic rings. The summed E-state index contributed by atoms with van der Waals surface area (Å²) in [5.74, 6) is 0. The molecule has 0 aliphatic carbocycles. The minimum atomic E-state index is 0.303. The van der Waals surface area contributed by atoms with Gasteiger partial charge in [-0.2, -0.15) is 0 Å². The summed E-state index contributed by atoms with van der Waals surface area (Å²) in [5, 5.41) is 8.89. The Labute approximate surface area is 113 Å². The molecular weight excluding hydrogens is 224 g/mol. The molecule has 0 atom stereocenters. The van der Waals surface area contributed by atoms with Crippen molar-refractivity contribution in [3.63, 3.8) is 0 Å². The highest BCUT2D eigenvalue weighted by molar-refractivity contribution is 4.71. The highest BCUT2D eigenvalue weighted by atomic mass is 16.3. The van der Waals surface area contributed by atoms with Gasteiger partial charge < -0.3 is 10.0 Å². The average Bonchev–Trinajstić information content (AvgIpc) is 2.40. The summed E-state index contributed by atoms with van der Waals surface area (Å²) in [6.07, 6.45) is 9.80. The molecule has 0 aromatic heterocycles. The normalized spacial score (nSPS) is 18.3. The van der Waals surface area contributed by atoms with Crippen molar-refractivity contribution in [1.82, 2.24) is 9.80 Å². The van der Waals surface area contributed by atoms with Gasteiger partial charge in [0.25, 0.3) is 0 Å². The van der Waals surface area contributed by atoms with Crippen LogP contribution in [0.25, 0.3) is 0 Å². The van der Waals surface area contributed by atoms with Gasteiger partial charge in [-0.25, -0.2) is 0 Å². The third kappa shape index (κ3) is 7.34. The van der Waals surface area contributed by atoms with Crippen LogP contribution in [0.15, 0.2) is 0 Å². The molecular formula is C15H32N2O. The molecule has 18 heavy (non-hydrogen) atoms. The van der Waals surface area contributed by atoms with E-state index in [-0.39, 0.29) is 0 Å². The number of nitrogens with zero attached hydrogens (tertiary/aromatic N) is 2. The summed E-state index contributed by atoms with van der Waals surface area (Å²) in [5.41, 5.74) is 0. The van der Waals surface area contributed by atoms with E-state index in [4.69, 9.17) is 5.11 Å². The number of piperazine rings is 1. The number of aliphatic hydroxyl groups is 1. The number of rotatable bonds is 10. The summed E-state index contributed by atoms with van der Waals surface area (Å²) in [4.78, 5) is 4.95. The smallest absolute Gasteiger partial charge is 0.0558 e. The first kappa shape index (κ1) is 15.9. The van der Waals surface area contributed by atoms with Crippen molar-refractivity contribution >= 4 is 0 Å². The van der Waals surface area contributed by atoms with Gasteiger partial charge in [-0.15, -0.1) is 0 Å². The Morgan fingerprint density at radius 1 is 0.722 bits per heavy atom. The molecule has 1 fully saturated rings. The molecule has 0 bridgehead atoms. The largest absolute Gasteiger partial charge is 0.395 e. The molecule has 3 heteroatoms. The molecule has 108 valence electrons. The lowest BCUT2D eigenvalue weighted by atomic mass is 10.1. The lowest BCUT2D eigenvalue weighted by Gasteiger charge is -2.34. The Balaban J connectivity index is 1.88. The topological polar surface area (TPSA) is 26.7 Å². The van der Waals surface area contributed by atoms with Crippen molar-refractivity contribution < 1.29 is 5.11 Å². The lowest BCUT2D eigenvalue weighted by molar-refractivity contribution is 0.111. The number of hydrogen-bond donors (Lipinski definition) is 1. The van der Waals surface area contributed by atoms with Crippen molar-refractivity contribution in [2.24, 2.45) is 0 Å². The number of hydrogen-bond acceptors (Lipinski definition) is 3. The zero-order chi connectivity index (χ0) is 13.1. The molecule has 1 saturated heterocycles. The fourth-order valence-electron chi connectivity index (χ4n) is 2.67. The highest BCUT2D eigenvalue weighted by Crippen LogP contribution is 2.08. The van der Waals surface area contributed by atoms with Crippen LogP contribution in [0.5, 0.6) is 0 Å². The zero-order valence-corrected chi connectivity index (χ0v) is 12.2. The lowest BCUT2D eigenvalue weighted by Crippen LogP contribution is -2.47. The van der Waals surface area contributed by atoms with E-state index in [2.05, 4.69) is 16.7 Å². The first-order valence-electron chi connectivity index (χ1n) is 7.92. The summed E-state index contributed by atoms with van der Waals surface area (Å²) in [6.45, 7) is 9.36. The zero-order valence-electron chi connectivity index (χ0n) is 12.2. The highest BCUT2D eigenvalue weighted by Gasteiger charge is 2.15. The Bertz CT molecular complexity index is 179. The third-order valence-electron chi connectivity index (χ3n) is 3.96. The van der Waals surface area contributed by atoms with Crippen molar-refractivity contribution in [1.29, 1.82) is 0 Å². The van der Waals surface area contributed by atoms with E-state index in [1.54, 1.807) is 0 Å². The van der Waals surface area contributed by atoms with Gasteiger partial charge in [0, 0.05) is 32.7 Å². The van der Waals surface area contributed by atoms with Crippen LogP contribution in [0.2, 0.25) is 0 Å². The predicted octanol–water partition coefficient (Wildman–Crippen LogP) is 2.35. The SMILES string of the molecule is CCCCCCCCCN1CCN(CCO)CC1.